The molecule has 0 fully saturated rings. The summed E-state index contributed by atoms with van der Waals surface area (Å²) in [6.45, 7) is 5.62. The molecule has 0 aliphatic carbocycles. The molecule has 0 spiro atoms. The van der Waals surface area contributed by atoms with Crippen molar-refractivity contribution in [1.82, 2.24) is 10.8 Å². The normalized spacial score (nSPS) is 10.9. The summed E-state index contributed by atoms with van der Waals surface area (Å²) in [5, 5.41) is 11.9. The fourth-order valence-corrected chi connectivity index (χ4v) is 1.26. The molecule has 78 valence electrons. The molecule has 0 saturated heterocycles. The van der Waals surface area contributed by atoms with Gasteiger partial charge in [0.15, 0.2) is 0 Å². The smallest absolute Gasteiger partial charge is 0.0458 e. The predicted octanol–water partition coefficient (Wildman–Crippen LogP) is 1.66. The number of nitrogens with one attached hydrogen (secondary N) is 2. The van der Waals surface area contributed by atoms with Crippen molar-refractivity contribution in [3.63, 3.8) is 0 Å². The van der Waals surface area contributed by atoms with E-state index in [0.29, 0.717) is 12.6 Å². The maximum Gasteiger partial charge on any atom is 0.0458 e. The fraction of sp³-hybridized carbons (Fsp3) is 0.455. The van der Waals surface area contributed by atoms with E-state index in [0.717, 1.165) is 12.1 Å². The molecular weight excluding hydrogens is 176 g/mol. The second-order valence-electron chi connectivity index (χ2n) is 3.69. The van der Waals surface area contributed by atoms with Crippen molar-refractivity contribution in [2.24, 2.45) is 0 Å². The van der Waals surface area contributed by atoms with E-state index < -0.39 is 0 Å². The summed E-state index contributed by atoms with van der Waals surface area (Å²) in [6.07, 6.45) is 0. The Kier molecular flexibility index (Phi) is 4.59. The van der Waals surface area contributed by atoms with Gasteiger partial charge in [-0.2, -0.15) is 0 Å². The van der Waals surface area contributed by atoms with Crippen LogP contribution in [-0.2, 0) is 13.1 Å². The molecule has 0 aliphatic heterocycles. The standard InChI is InChI=1S/C11H18N2O/c1-9(2)12-7-10-4-3-5-11(6-10)8-13-14/h3-6,9,12-14H,7-8H2,1-2H3. The summed E-state index contributed by atoms with van der Waals surface area (Å²) in [4.78, 5) is 0. The Balaban J connectivity index is 2.54. The molecule has 3 N–H and O–H groups in total. The van der Waals surface area contributed by atoms with Crippen LogP contribution in [0.4, 0.5) is 0 Å². The van der Waals surface area contributed by atoms with Crippen LogP contribution in [0.15, 0.2) is 24.3 Å². The quantitative estimate of drug-likeness (QED) is 0.625. The first-order valence-electron chi connectivity index (χ1n) is 4.90. The van der Waals surface area contributed by atoms with Gasteiger partial charge in [0.05, 0.1) is 0 Å². The van der Waals surface area contributed by atoms with Gasteiger partial charge in [-0.05, 0) is 11.1 Å². The maximum absolute atomic E-state index is 8.56. The van der Waals surface area contributed by atoms with Crippen molar-refractivity contribution in [1.29, 1.82) is 0 Å². The van der Waals surface area contributed by atoms with Crippen molar-refractivity contribution in [3.8, 4) is 0 Å². The lowest BCUT2D eigenvalue weighted by Gasteiger charge is -2.09. The second-order valence-corrected chi connectivity index (χ2v) is 3.69. The third kappa shape index (κ3) is 3.87. The molecule has 1 rings (SSSR count). The van der Waals surface area contributed by atoms with Crippen LogP contribution in [0.5, 0.6) is 0 Å². The highest BCUT2D eigenvalue weighted by atomic mass is 16.5. The highest BCUT2D eigenvalue weighted by molar-refractivity contribution is 5.23. The van der Waals surface area contributed by atoms with Crippen LogP contribution < -0.4 is 10.8 Å². The predicted molar refractivity (Wildman–Crippen MR) is 57.0 cm³/mol. The Morgan fingerprint density at radius 1 is 1.21 bits per heavy atom. The molecule has 0 aliphatic rings. The molecule has 1 aromatic rings. The molecule has 1 aromatic carbocycles. The Morgan fingerprint density at radius 3 is 2.43 bits per heavy atom. The minimum Gasteiger partial charge on any atom is -0.316 e. The van der Waals surface area contributed by atoms with Crippen molar-refractivity contribution in [2.45, 2.75) is 33.0 Å². The SMILES string of the molecule is CC(C)NCc1cccc(CNO)c1. The fourth-order valence-electron chi connectivity index (χ4n) is 1.26. The zero-order valence-electron chi connectivity index (χ0n) is 8.75. The van der Waals surface area contributed by atoms with E-state index in [1.165, 1.54) is 5.56 Å². The van der Waals surface area contributed by atoms with Crippen LogP contribution in [0.25, 0.3) is 0 Å². The van der Waals surface area contributed by atoms with Gasteiger partial charge in [-0.15, -0.1) is 0 Å². The van der Waals surface area contributed by atoms with Crippen molar-refractivity contribution < 1.29 is 5.21 Å². The average molecular weight is 194 g/mol. The number of benzene rings is 1. The zero-order valence-corrected chi connectivity index (χ0v) is 8.75. The van der Waals surface area contributed by atoms with Gasteiger partial charge >= 0.3 is 0 Å². The molecule has 0 radical (unpaired) electrons. The molecule has 0 amide bonds. The van der Waals surface area contributed by atoms with Gasteiger partial charge < -0.3 is 10.5 Å². The van der Waals surface area contributed by atoms with E-state index in [9.17, 15) is 0 Å². The zero-order chi connectivity index (χ0) is 10.4. The van der Waals surface area contributed by atoms with Gasteiger partial charge in [-0.1, -0.05) is 38.1 Å². The van der Waals surface area contributed by atoms with Crippen molar-refractivity contribution >= 4 is 0 Å². The molecule has 0 saturated carbocycles. The minimum atomic E-state index is 0.495. The number of hydroxylamine groups is 1. The van der Waals surface area contributed by atoms with E-state index in [1.807, 2.05) is 12.1 Å². The summed E-state index contributed by atoms with van der Waals surface area (Å²) in [7, 11) is 0. The van der Waals surface area contributed by atoms with Crippen LogP contribution in [0.3, 0.4) is 0 Å². The van der Waals surface area contributed by atoms with Crippen LogP contribution in [0.1, 0.15) is 25.0 Å². The Morgan fingerprint density at radius 2 is 1.86 bits per heavy atom. The van der Waals surface area contributed by atoms with Gasteiger partial charge in [0.25, 0.3) is 0 Å². The van der Waals surface area contributed by atoms with Crippen LogP contribution >= 0.6 is 0 Å². The lowest BCUT2D eigenvalue weighted by atomic mass is 10.1. The van der Waals surface area contributed by atoms with Gasteiger partial charge in [0.1, 0.15) is 0 Å². The molecule has 0 bridgehead atoms. The Hall–Kier alpha value is -0.900. The number of hydrogen-bond donors (Lipinski definition) is 3. The topological polar surface area (TPSA) is 44.3 Å². The lowest BCUT2D eigenvalue weighted by Crippen LogP contribution is -2.21. The molecule has 3 heteroatoms. The van der Waals surface area contributed by atoms with Gasteiger partial charge in [0.2, 0.25) is 0 Å². The first-order valence-corrected chi connectivity index (χ1v) is 4.90. The number of hydrogen-bond acceptors (Lipinski definition) is 3. The van der Waals surface area contributed by atoms with E-state index >= 15 is 0 Å². The van der Waals surface area contributed by atoms with Crippen LogP contribution in [-0.4, -0.2) is 11.2 Å². The molecule has 14 heavy (non-hydrogen) atoms. The third-order valence-electron chi connectivity index (χ3n) is 1.99. The largest absolute Gasteiger partial charge is 0.316 e. The highest BCUT2D eigenvalue weighted by Gasteiger charge is 1.96. The first kappa shape index (κ1) is 11.2. The first-order chi connectivity index (χ1) is 6.72. The Bertz CT molecular complexity index is 274. The van der Waals surface area contributed by atoms with E-state index in [4.69, 9.17) is 5.21 Å². The van der Waals surface area contributed by atoms with Crippen molar-refractivity contribution in [3.05, 3.63) is 35.4 Å². The van der Waals surface area contributed by atoms with E-state index in [-0.39, 0.29) is 0 Å². The Labute approximate surface area is 85.1 Å². The maximum atomic E-state index is 8.56. The summed E-state index contributed by atoms with van der Waals surface area (Å²) in [6, 6.07) is 8.65. The number of rotatable bonds is 5. The summed E-state index contributed by atoms with van der Waals surface area (Å²) in [5.74, 6) is 0. The summed E-state index contributed by atoms with van der Waals surface area (Å²) in [5.41, 5.74) is 4.49. The van der Waals surface area contributed by atoms with Gasteiger partial charge in [-0.3, -0.25) is 0 Å². The van der Waals surface area contributed by atoms with Gasteiger partial charge in [0, 0.05) is 19.1 Å². The minimum absolute atomic E-state index is 0.495. The third-order valence-corrected chi connectivity index (χ3v) is 1.99. The molecule has 0 aromatic heterocycles. The summed E-state index contributed by atoms with van der Waals surface area (Å²) >= 11 is 0. The molecule has 0 heterocycles. The molecule has 0 unspecified atom stereocenters. The van der Waals surface area contributed by atoms with Crippen LogP contribution in [0.2, 0.25) is 0 Å². The van der Waals surface area contributed by atoms with E-state index in [1.54, 1.807) is 0 Å². The molecular formula is C11H18N2O. The highest BCUT2D eigenvalue weighted by Crippen LogP contribution is 2.04. The van der Waals surface area contributed by atoms with Crippen LogP contribution in [0, 0.1) is 0 Å². The lowest BCUT2D eigenvalue weighted by molar-refractivity contribution is 0.161. The van der Waals surface area contributed by atoms with Gasteiger partial charge in [-0.25, -0.2) is 5.48 Å². The van der Waals surface area contributed by atoms with Crippen molar-refractivity contribution in [2.75, 3.05) is 0 Å². The summed E-state index contributed by atoms with van der Waals surface area (Å²) < 4.78 is 0. The van der Waals surface area contributed by atoms with E-state index in [2.05, 4.69) is 36.8 Å². The monoisotopic (exact) mass is 194 g/mol. The molecule has 3 nitrogen and oxygen atoms in total. The average Bonchev–Trinajstić information content (AvgIpc) is 2.16. The second kappa shape index (κ2) is 5.75. The molecule has 0 atom stereocenters.